The number of aryl methyl sites for hydroxylation is 2. The van der Waals surface area contributed by atoms with Gasteiger partial charge in [0.2, 0.25) is 23.6 Å². The fourth-order valence-corrected chi connectivity index (χ4v) is 8.79. The molecule has 3 aromatic carbocycles. The van der Waals surface area contributed by atoms with Gasteiger partial charge in [-0.1, -0.05) is 86.2 Å². The zero-order valence-corrected chi connectivity index (χ0v) is 24.9. The van der Waals surface area contributed by atoms with Crippen molar-refractivity contribution >= 4 is 40.6 Å². The van der Waals surface area contributed by atoms with Crippen molar-refractivity contribution in [1.82, 2.24) is 0 Å². The van der Waals surface area contributed by atoms with Crippen LogP contribution in [-0.2, 0) is 32.0 Å². The number of imide groups is 2. The summed E-state index contributed by atoms with van der Waals surface area (Å²) in [6.45, 7) is 4.14. The number of carbonyl (C=O) groups excluding carboxylic acids is 4. The largest absolute Gasteiger partial charge is 0.274 e. The van der Waals surface area contributed by atoms with Crippen molar-refractivity contribution in [3.63, 3.8) is 0 Å². The van der Waals surface area contributed by atoms with Gasteiger partial charge in [-0.2, -0.15) is 0 Å². The first kappa shape index (κ1) is 27.0. The Kier molecular flexibility index (Phi) is 6.12. The third kappa shape index (κ3) is 3.66. The van der Waals surface area contributed by atoms with Crippen LogP contribution in [0.15, 0.2) is 96.6 Å². The lowest BCUT2D eigenvalue weighted by Gasteiger charge is -2.51. The second kappa shape index (κ2) is 9.98. The van der Waals surface area contributed by atoms with Crippen LogP contribution in [0.1, 0.15) is 37.0 Å². The summed E-state index contributed by atoms with van der Waals surface area (Å²) < 4.78 is 0. The first-order valence-electron chi connectivity index (χ1n) is 15.8. The maximum atomic E-state index is 14.4. The zero-order valence-electron chi connectivity index (χ0n) is 24.9. The van der Waals surface area contributed by atoms with Crippen molar-refractivity contribution < 1.29 is 19.2 Å². The van der Waals surface area contributed by atoms with E-state index in [9.17, 15) is 19.2 Å². The molecule has 0 spiro atoms. The topological polar surface area (TPSA) is 74.8 Å². The molecule has 3 fully saturated rings. The summed E-state index contributed by atoms with van der Waals surface area (Å²) in [5.41, 5.74) is 6.60. The van der Waals surface area contributed by atoms with Gasteiger partial charge in [0.1, 0.15) is 0 Å². The van der Waals surface area contributed by atoms with E-state index in [-0.39, 0.29) is 41.4 Å². The highest BCUT2D eigenvalue weighted by Gasteiger charge is 2.67. The van der Waals surface area contributed by atoms with Crippen LogP contribution in [0.25, 0.3) is 5.57 Å². The minimum atomic E-state index is -0.574. The number of rotatable bonds is 5. The Balaban J connectivity index is 1.25. The Labute approximate surface area is 257 Å². The van der Waals surface area contributed by atoms with E-state index in [1.807, 2.05) is 66.7 Å². The molecule has 2 saturated heterocycles. The molecule has 2 aliphatic heterocycles. The molecule has 44 heavy (non-hydrogen) atoms. The second-order valence-corrected chi connectivity index (χ2v) is 12.8. The van der Waals surface area contributed by atoms with Crippen molar-refractivity contribution in [2.24, 2.45) is 41.4 Å². The third-order valence-electron chi connectivity index (χ3n) is 10.8. The van der Waals surface area contributed by atoms with Crippen molar-refractivity contribution in [3.8, 4) is 0 Å². The van der Waals surface area contributed by atoms with Gasteiger partial charge in [-0.25, -0.2) is 0 Å². The molecule has 1 saturated carbocycles. The van der Waals surface area contributed by atoms with E-state index in [2.05, 4.69) is 38.1 Å². The average molecular weight is 583 g/mol. The minimum Gasteiger partial charge on any atom is -0.274 e. The number of fused-ring (bicyclic) bond motifs is 1. The summed E-state index contributed by atoms with van der Waals surface area (Å²) in [6, 6.07) is 25.4. The van der Waals surface area contributed by atoms with E-state index < -0.39 is 23.7 Å². The van der Waals surface area contributed by atoms with Gasteiger partial charge in [0.25, 0.3) is 0 Å². The molecule has 9 rings (SSSR count). The van der Waals surface area contributed by atoms with Gasteiger partial charge < -0.3 is 0 Å². The lowest BCUT2D eigenvalue weighted by Crippen LogP contribution is -2.51. The molecular weight excluding hydrogens is 548 g/mol. The molecule has 0 aromatic heterocycles. The number of anilines is 2. The molecule has 2 bridgehead atoms. The standard InChI is InChI=1S/C38H34N2O4/c1-3-21-10-14-24(15-11-21)39-35(41)29-20-28(23-8-6-5-7-9-23)30-26-18-19-27(31(30)34(29)38(39)44)33-32(26)36(42)40(37(33)43)25-16-12-22(4-2)13-17-25/h5-19,26-27,29,31-34H,3-4,20H2,1-2H3/t26-,27+,29+,31-,32+,33-,34+/m0/s1. The van der Waals surface area contributed by atoms with Gasteiger partial charge in [0, 0.05) is 11.8 Å². The van der Waals surface area contributed by atoms with Crippen LogP contribution in [0.2, 0.25) is 0 Å². The Morgan fingerprint density at radius 2 is 1.14 bits per heavy atom. The van der Waals surface area contributed by atoms with E-state index in [1.165, 1.54) is 9.80 Å². The normalized spacial score (nSPS) is 30.3. The molecule has 3 aromatic rings. The molecule has 6 heteroatoms. The highest BCUT2D eigenvalue weighted by Crippen LogP contribution is 2.63. The van der Waals surface area contributed by atoms with Gasteiger partial charge in [-0.3, -0.25) is 29.0 Å². The smallest absolute Gasteiger partial charge is 0.238 e. The minimum absolute atomic E-state index is 0.171. The SMILES string of the molecule is CCc1ccc(N2C(=O)[C@H]3[C@@H]4C=C[C@@H](C5=C(c6ccccc6)C[C@H]6C(=O)N(c7ccc(CC)cc7)C(=O)[C@H]6[C@H]54)[C@H]3C2=O)cc1. The number of hydrogen-bond donors (Lipinski definition) is 0. The van der Waals surface area contributed by atoms with Crippen molar-refractivity contribution in [2.45, 2.75) is 33.1 Å². The Hall–Kier alpha value is -4.58. The molecule has 0 N–H and O–H groups in total. The zero-order chi connectivity index (χ0) is 30.3. The number of amides is 4. The van der Waals surface area contributed by atoms with E-state index in [4.69, 9.17) is 0 Å². The third-order valence-corrected chi connectivity index (χ3v) is 10.8. The highest BCUT2D eigenvalue weighted by atomic mass is 16.2. The first-order valence-corrected chi connectivity index (χ1v) is 15.8. The molecule has 7 atom stereocenters. The molecule has 0 radical (unpaired) electrons. The summed E-state index contributed by atoms with van der Waals surface area (Å²) in [5, 5.41) is 0. The Morgan fingerprint density at radius 1 is 0.591 bits per heavy atom. The van der Waals surface area contributed by atoms with Crippen LogP contribution in [-0.4, -0.2) is 23.6 Å². The molecular formula is C38H34N2O4. The number of benzene rings is 3. The van der Waals surface area contributed by atoms with E-state index in [0.29, 0.717) is 17.8 Å². The monoisotopic (exact) mass is 582 g/mol. The Morgan fingerprint density at radius 3 is 1.73 bits per heavy atom. The lowest BCUT2D eigenvalue weighted by molar-refractivity contribution is -0.129. The predicted molar refractivity (Wildman–Crippen MR) is 168 cm³/mol. The maximum Gasteiger partial charge on any atom is 0.238 e. The lowest BCUT2D eigenvalue weighted by atomic mass is 9.49. The summed E-state index contributed by atoms with van der Waals surface area (Å²) in [7, 11) is 0. The molecule has 6 nitrogen and oxygen atoms in total. The second-order valence-electron chi connectivity index (χ2n) is 12.8. The number of carbonyl (C=O) groups is 4. The Bertz CT molecular complexity index is 1770. The van der Waals surface area contributed by atoms with Gasteiger partial charge >= 0.3 is 0 Å². The summed E-state index contributed by atoms with van der Waals surface area (Å²) in [5.74, 6) is -3.89. The fourth-order valence-electron chi connectivity index (χ4n) is 8.79. The van der Waals surface area contributed by atoms with Crippen molar-refractivity contribution in [1.29, 1.82) is 0 Å². The molecule has 2 heterocycles. The van der Waals surface area contributed by atoms with E-state index in [1.54, 1.807) is 0 Å². The fraction of sp³-hybridized carbons (Fsp3) is 0.316. The molecule has 0 unspecified atom stereocenters. The highest BCUT2D eigenvalue weighted by molar-refractivity contribution is 6.24. The molecule has 4 amide bonds. The van der Waals surface area contributed by atoms with Gasteiger partial charge in [0.15, 0.2) is 0 Å². The molecule has 6 aliphatic rings. The van der Waals surface area contributed by atoms with Crippen LogP contribution < -0.4 is 9.80 Å². The van der Waals surface area contributed by atoms with Crippen LogP contribution in [0, 0.1) is 41.4 Å². The van der Waals surface area contributed by atoms with Crippen LogP contribution in [0.5, 0.6) is 0 Å². The van der Waals surface area contributed by atoms with Crippen LogP contribution >= 0.6 is 0 Å². The summed E-state index contributed by atoms with van der Waals surface area (Å²) in [6.07, 6.45) is 6.34. The first-order chi connectivity index (χ1) is 21.4. The van der Waals surface area contributed by atoms with Gasteiger partial charge in [0.05, 0.1) is 35.0 Å². The number of allylic oxidation sites excluding steroid dienone is 4. The number of nitrogens with zero attached hydrogens (tertiary/aromatic N) is 2. The predicted octanol–water partition coefficient (Wildman–Crippen LogP) is 6.01. The van der Waals surface area contributed by atoms with Crippen LogP contribution in [0.3, 0.4) is 0 Å². The van der Waals surface area contributed by atoms with E-state index >= 15 is 0 Å². The van der Waals surface area contributed by atoms with Crippen molar-refractivity contribution in [2.75, 3.05) is 9.80 Å². The summed E-state index contributed by atoms with van der Waals surface area (Å²) in [4.78, 5) is 59.6. The van der Waals surface area contributed by atoms with Crippen molar-refractivity contribution in [3.05, 3.63) is 113 Å². The quantitative estimate of drug-likeness (QED) is 0.273. The average Bonchev–Trinajstić information content (AvgIpc) is 3.50. The van der Waals surface area contributed by atoms with Gasteiger partial charge in [-0.05, 0) is 71.7 Å². The van der Waals surface area contributed by atoms with Crippen LogP contribution in [0.4, 0.5) is 11.4 Å². The van der Waals surface area contributed by atoms with Gasteiger partial charge in [-0.15, -0.1) is 0 Å². The number of hydrogen-bond acceptors (Lipinski definition) is 4. The molecule has 220 valence electrons. The molecule has 4 aliphatic carbocycles. The summed E-state index contributed by atoms with van der Waals surface area (Å²) >= 11 is 0. The van der Waals surface area contributed by atoms with E-state index in [0.717, 1.165) is 40.7 Å². The maximum absolute atomic E-state index is 14.4.